The number of hydrogen-bond donors (Lipinski definition) is 0. The highest BCUT2D eigenvalue weighted by molar-refractivity contribution is 6.31. The van der Waals surface area contributed by atoms with E-state index in [0.717, 1.165) is 5.56 Å². The largest absolute Gasteiger partial charge is 0.481 e. The summed E-state index contributed by atoms with van der Waals surface area (Å²) in [5, 5.41) is 0.938. The monoisotopic (exact) mass is 310 g/mol. The molecule has 108 valence electrons. The number of rotatable bonds is 1. The molecule has 0 radical (unpaired) electrons. The first-order valence-corrected chi connectivity index (χ1v) is 7.21. The van der Waals surface area contributed by atoms with Crippen LogP contribution in [0.25, 0.3) is 22.3 Å². The van der Waals surface area contributed by atoms with Crippen molar-refractivity contribution in [2.45, 2.75) is 6.10 Å². The van der Waals surface area contributed by atoms with Crippen LogP contribution in [0.5, 0.6) is 5.75 Å². The molecule has 22 heavy (non-hydrogen) atoms. The molecule has 0 bridgehead atoms. The molecule has 0 fully saturated rings. The summed E-state index contributed by atoms with van der Waals surface area (Å²) >= 11 is 5.99. The first-order valence-electron chi connectivity index (χ1n) is 6.84. The summed E-state index contributed by atoms with van der Waals surface area (Å²) in [4.78, 5) is 12.9. The van der Waals surface area contributed by atoms with Gasteiger partial charge in [-0.15, -0.1) is 0 Å². The van der Waals surface area contributed by atoms with Gasteiger partial charge in [-0.1, -0.05) is 30.3 Å². The van der Waals surface area contributed by atoms with Crippen LogP contribution in [0.15, 0.2) is 64.3 Å². The van der Waals surface area contributed by atoms with E-state index in [1.54, 1.807) is 24.3 Å². The Morgan fingerprint density at radius 3 is 2.82 bits per heavy atom. The van der Waals surface area contributed by atoms with Gasteiger partial charge in [0.25, 0.3) is 0 Å². The third-order valence-electron chi connectivity index (χ3n) is 3.77. The maximum atomic E-state index is 12.9. The van der Waals surface area contributed by atoms with Crippen LogP contribution < -0.4 is 10.2 Å². The highest BCUT2D eigenvalue weighted by Gasteiger charge is 2.30. The van der Waals surface area contributed by atoms with Gasteiger partial charge in [-0.2, -0.15) is 0 Å². The van der Waals surface area contributed by atoms with Gasteiger partial charge in [-0.25, -0.2) is 0 Å². The second-order valence-corrected chi connectivity index (χ2v) is 5.52. The molecule has 2 heterocycles. The van der Waals surface area contributed by atoms with Crippen molar-refractivity contribution in [2.24, 2.45) is 0 Å². The van der Waals surface area contributed by atoms with E-state index in [2.05, 4.69) is 6.58 Å². The summed E-state index contributed by atoms with van der Waals surface area (Å²) in [5.41, 5.74) is 1.60. The van der Waals surface area contributed by atoms with Gasteiger partial charge < -0.3 is 9.15 Å². The van der Waals surface area contributed by atoms with Crippen LogP contribution >= 0.6 is 11.6 Å². The third-order valence-corrected chi connectivity index (χ3v) is 4.01. The molecule has 2 aromatic carbocycles. The first kappa shape index (κ1) is 13.2. The maximum Gasteiger partial charge on any atom is 0.200 e. The zero-order valence-electron chi connectivity index (χ0n) is 11.5. The lowest BCUT2D eigenvalue weighted by Crippen LogP contribution is -2.21. The lowest BCUT2D eigenvalue weighted by atomic mass is 9.97. The van der Waals surface area contributed by atoms with Crippen LogP contribution in [0.2, 0.25) is 5.02 Å². The van der Waals surface area contributed by atoms with Crippen LogP contribution in [0.3, 0.4) is 0 Å². The van der Waals surface area contributed by atoms with Crippen LogP contribution in [0.1, 0.15) is 11.7 Å². The summed E-state index contributed by atoms with van der Waals surface area (Å²) in [5.74, 6) is 1.21. The van der Waals surface area contributed by atoms with Crippen LogP contribution in [-0.2, 0) is 0 Å². The zero-order chi connectivity index (χ0) is 15.3. The Hall–Kier alpha value is -2.52. The first-order chi connectivity index (χ1) is 10.7. The predicted octanol–water partition coefficient (Wildman–Crippen LogP) is 4.73. The number of fused-ring (bicyclic) bond motifs is 4. The van der Waals surface area contributed by atoms with Crippen molar-refractivity contribution in [2.75, 3.05) is 0 Å². The number of benzene rings is 2. The third kappa shape index (κ3) is 1.79. The van der Waals surface area contributed by atoms with E-state index in [4.69, 9.17) is 20.8 Å². The van der Waals surface area contributed by atoms with Gasteiger partial charge in [0.2, 0.25) is 5.43 Å². The minimum atomic E-state index is -0.537. The summed E-state index contributed by atoms with van der Waals surface area (Å²) in [6.07, 6.45) is 1.06. The van der Waals surface area contributed by atoms with E-state index >= 15 is 0 Å². The Bertz CT molecular complexity index is 972. The SMILES string of the molecule is C=CC1Oc2ccccc2-c2oc3ccc(Cl)cc3c(=O)c21. The molecule has 3 nitrogen and oxygen atoms in total. The molecule has 0 spiro atoms. The van der Waals surface area contributed by atoms with E-state index < -0.39 is 6.10 Å². The minimum absolute atomic E-state index is 0.141. The van der Waals surface area contributed by atoms with Gasteiger partial charge in [0.15, 0.2) is 0 Å². The molecule has 1 aliphatic rings. The smallest absolute Gasteiger partial charge is 0.200 e. The van der Waals surface area contributed by atoms with Crippen molar-refractivity contribution >= 4 is 22.6 Å². The molecule has 1 aliphatic heterocycles. The van der Waals surface area contributed by atoms with E-state index in [9.17, 15) is 4.79 Å². The molecule has 1 atom stereocenters. The molecule has 0 saturated heterocycles. The normalized spacial score (nSPS) is 15.8. The molecular formula is C18H11ClO3. The highest BCUT2D eigenvalue weighted by atomic mass is 35.5. The fourth-order valence-corrected chi connectivity index (χ4v) is 2.93. The molecular weight excluding hydrogens is 300 g/mol. The van der Waals surface area contributed by atoms with Gasteiger partial charge in [-0.05, 0) is 36.4 Å². The minimum Gasteiger partial charge on any atom is -0.481 e. The maximum absolute atomic E-state index is 12.9. The van der Waals surface area contributed by atoms with Crippen molar-refractivity contribution in [3.8, 4) is 17.1 Å². The Balaban J connectivity index is 2.16. The number of ether oxygens (including phenoxy) is 1. The van der Waals surface area contributed by atoms with Crippen molar-refractivity contribution in [3.63, 3.8) is 0 Å². The van der Waals surface area contributed by atoms with Crippen molar-refractivity contribution in [3.05, 3.63) is 75.9 Å². The molecule has 0 amide bonds. The average molecular weight is 311 g/mol. The molecule has 1 aromatic heterocycles. The second kappa shape index (κ2) is 4.75. The fraction of sp³-hybridized carbons (Fsp3) is 0.0556. The predicted molar refractivity (Wildman–Crippen MR) is 86.5 cm³/mol. The topological polar surface area (TPSA) is 39.4 Å². The molecule has 1 unspecified atom stereocenters. The van der Waals surface area contributed by atoms with Crippen molar-refractivity contribution < 1.29 is 9.15 Å². The molecule has 3 aromatic rings. The molecule has 0 saturated carbocycles. The summed E-state index contributed by atoms with van der Waals surface area (Å²) in [6.45, 7) is 3.76. The number of hydrogen-bond acceptors (Lipinski definition) is 3. The number of halogens is 1. The van der Waals surface area contributed by atoms with Gasteiger partial charge in [0, 0.05) is 5.02 Å². The quantitative estimate of drug-likeness (QED) is 0.610. The molecule has 4 heteroatoms. The van der Waals surface area contributed by atoms with E-state index in [1.165, 1.54) is 0 Å². The molecule has 4 rings (SSSR count). The van der Waals surface area contributed by atoms with Gasteiger partial charge in [-0.3, -0.25) is 4.79 Å². The lowest BCUT2D eigenvalue weighted by Gasteiger charge is -2.25. The van der Waals surface area contributed by atoms with Gasteiger partial charge in [0.1, 0.15) is 23.2 Å². The Kier molecular flexibility index (Phi) is 2.84. The van der Waals surface area contributed by atoms with E-state index in [1.807, 2.05) is 24.3 Å². The van der Waals surface area contributed by atoms with Gasteiger partial charge >= 0.3 is 0 Å². The van der Waals surface area contributed by atoms with E-state index in [0.29, 0.717) is 33.1 Å². The molecule has 0 N–H and O–H groups in total. The second-order valence-electron chi connectivity index (χ2n) is 5.08. The number of para-hydroxylation sites is 1. The Morgan fingerprint density at radius 2 is 2.00 bits per heavy atom. The van der Waals surface area contributed by atoms with Crippen LogP contribution in [0, 0.1) is 0 Å². The van der Waals surface area contributed by atoms with Crippen molar-refractivity contribution in [1.82, 2.24) is 0 Å². The summed E-state index contributed by atoms with van der Waals surface area (Å²) < 4.78 is 11.8. The molecule has 0 aliphatic carbocycles. The van der Waals surface area contributed by atoms with Crippen LogP contribution in [0.4, 0.5) is 0 Å². The summed E-state index contributed by atoms with van der Waals surface area (Å²) in [7, 11) is 0. The zero-order valence-corrected chi connectivity index (χ0v) is 12.3. The Morgan fingerprint density at radius 1 is 1.18 bits per heavy atom. The highest BCUT2D eigenvalue weighted by Crippen LogP contribution is 2.42. The lowest BCUT2D eigenvalue weighted by molar-refractivity contribution is 0.246. The van der Waals surface area contributed by atoms with Gasteiger partial charge in [0.05, 0.1) is 16.5 Å². The average Bonchev–Trinajstić information content (AvgIpc) is 2.55. The Labute approximate surface area is 131 Å². The van der Waals surface area contributed by atoms with Crippen molar-refractivity contribution in [1.29, 1.82) is 0 Å². The van der Waals surface area contributed by atoms with Crippen LogP contribution in [-0.4, -0.2) is 0 Å². The fourth-order valence-electron chi connectivity index (χ4n) is 2.76. The van der Waals surface area contributed by atoms with E-state index in [-0.39, 0.29) is 5.43 Å². The standard InChI is InChI=1S/C18H11ClO3/c1-2-13-16-17(20)12-9-10(19)7-8-15(12)22-18(16)11-5-3-4-6-14(11)21-13/h2-9,13H,1H2. The summed E-state index contributed by atoms with van der Waals surface area (Å²) in [6, 6.07) is 12.5.